The van der Waals surface area contributed by atoms with Gasteiger partial charge < -0.3 is 25.7 Å². The molecule has 11 heteroatoms. The first kappa shape index (κ1) is 28.3. The zero-order valence-corrected chi connectivity index (χ0v) is 25.7. The molecule has 42 heavy (non-hydrogen) atoms. The molecule has 0 amide bonds. The van der Waals surface area contributed by atoms with Gasteiger partial charge in [0.05, 0.1) is 30.1 Å². The lowest BCUT2D eigenvalue weighted by Gasteiger charge is -2.33. The Morgan fingerprint density at radius 3 is 2.57 bits per heavy atom. The van der Waals surface area contributed by atoms with Crippen molar-refractivity contribution in [3.63, 3.8) is 0 Å². The fraction of sp³-hybridized carbons (Fsp3) is 0.419. The van der Waals surface area contributed by atoms with Crippen LogP contribution in [-0.4, -0.2) is 68.3 Å². The number of sulfonamides is 1. The highest BCUT2D eigenvalue weighted by molar-refractivity contribution is 7.92. The quantitative estimate of drug-likeness (QED) is 0.269. The molecule has 1 aliphatic heterocycles. The second kappa shape index (κ2) is 10.8. The van der Waals surface area contributed by atoms with Gasteiger partial charge in [-0.15, -0.1) is 0 Å². The van der Waals surface area contributed by atoms with Crippen LogP contribution in [0, 0.1) is 6.92 Å². The Labute approximate surface area is 247 Å². The molecule has 1 saturated carbocycles. The molecule has 6 rings (SSSR count). The van der Waals surface area contributed by atoms with Crippen LogP contribution in [0.4, 0.5) is 23.1 Å². The van der Waals surface area contributed by atoms with Crippen LogP contribution in [0.15, 0.2) is 36.5 Å². The van der Waals surface area contributed by atoms with Crippen molar-refractivity contribution in [1.29, 1.82) is 0 Å². The molecule has 1 aliphatic carbocycles. The molecule has 3 heterocycles. The van der Waals surface area contributed by atoms with Crippen LogP contribution in [0.5, 0.6) is 5.75 Å². The van der Waals surface area contributed by atoms with Gasteiger partial charge in [-0.2, -0.15) is 9.97 Å². The highest BCUT2D eigenvalue weighted by atomic mass is 32.2. The third-order valence-electron chi connectivity index (χ3n) is 8.90. The summed E-state index contributed by atoms with van der Waals surface area (Å²) < 4.78 is 32.6. The highest BCUT2D eigenvalue weighted by Crippen LogP contribution is 2.45. The van der Waals surface area contributed by atoms with Crippen molar-refractivity contribution >= 4 is 44.2 Å². The average molecular weight is 590 g/mol. The smallest absolute Gasteiger partial charge is 0.232 e. The van der Waals surface area contributed by atoms with E-state index in [9.17, 15) is 8.42 Å². The second-order valence-electron chi connectivity index (χ2n) is 11.8. The van der Waals surface area contributed by atoms with Crippen molar-refractivity contribution in [2.45, 2.75) is 51.0 Å². The molecule has 0 spiro atoms. The number of para-hydroxylation sites is 1. The fourth-order valence-electron chi connectivity index (χ4n) is 6.76. The SMILES string of the molecule is COc1cc(C2CCC(N(C)C)CC2)c(C)cc1-c1c[nH]c2nc(N)nc(Nc3cccc4c3N(S(C)(=O)=O)CC4)c12. The third-order valence-corrected chi connectivity index (χ3v) is 10.1. The number of nitrogen functional groups attached to an aromatic ring is 1. The topological polar surface area (TPSA) is 129 Å². The van der Waals surface area contributed by atoms with Crippen molar-refractivity contribution < 1.29 is 13.2 Å². The maximum atomic E-state index is 12.6. The summed E-state index contributed by atoms with van der Waals surface area (Å²) in [6, 6.07) is 10.8. The standard InChI is InChI=1S/C31H39N7O3S/c1-18-15-23(26(41-4)16-22(18)19-9-11-21(12-10-19)37(2)3)24-17-33-29-27(24)30(36-31(32)35-29)34-25-8-6-7-20-13-14-38(28(20)25)42(5,39)40/h6-8,15-17,19,21H,9-14H2,1-5H3,(H4,32,33,34,35,36). The summed E-state index contributed by atoms with van der Waals surface area (Å²) >= 11 is 0. The molecular formula is C31H39N7O3S. The van der Waals surface area contributed by atoms with Crippen LogP contribution in [0.25, 0.3) is 22.2 Å². The average Bonchev–Trinajstić information content (AvgIpc) is 3.58. The number of rotatable bonds is 7. The lowest BCUT2D eigenvalue weighted by molar-refractivity contribution is 0.216. The Hall–Kier alpha value is -3.83. The van der Waals surface area contributed by atoms with Crippen LogP contribution in [0.3, 0.4) is 0 Å². The zero-order valence-electron chi connectivity index (χ0n) is 24.9. The van der Waals surface area contributed by atoms with E-state index < -0.39 is 10.0 Å². The first-order chi connectivity index (χ1) is 20.0. The zero-order chi connectivity index (χ0) is 29.8. The Kier molecular flexibility index (Phi) is 7.26. The summed E-state index contributed by atoms with van der Waals surface area (Å²) in [6.45, 7) is 2.58. The summed E-state index contributed by atoms with van der Waals surface area (Å²) in [5.41, 5.74) is 13.3. The molecule has 10 nitrogen and oxygen atoms in total. The van der Waals surface area contributed by atoms with Crippen molar-refractivity contribution in [2.75, 3.05) is 49.4 Å². The second-order valence-corrected chi connectivity index (χ2v) is 13.7. The number of benzene rings is 2. The molecule has 2 aromatic heterocycles. The molecule has 0 unspecified atom stereocenters. The monoisotopic (exact) mass is 589 g/mol. The minimum absolute atomic E-state index is 0.109. The van der Waals surface area contributed by atoms with Crippen LogP contribution in [-0.2, 0) is 16.4 Å². The number of nitrogens with one attached hydrogen (secondary N) is 2. The van der Waals surface area contributed by atoms with Crippen molar-refractivity contribution in [2.24, 2.45) is 0 Å². The number of methoxy groups -OCH3 is 1. The number of hydrogen-bond donors (Lipinski definition) is 3. The predicted molar refractivity (Wildman–Crippen MR) is 169 cm³/mol. The number of aryl methyl sites for hydroxylation is 1. The molecule has 4 aromatic rings. The van der Waals surface area contributed by atoms with E-state index in [0.29, 0.717) is 47.8 Å². The molecule has 2 aromatic carbocycles. The van der Waals surface area contributed by atoms with Crippen LogP contribution >= 0.6 is 0 Å². The Morgan fingerprint density at radius 2 is 1.88 bits per heavy atom. The van der Waals surface area contributed by atoms with Gasteiger partial charge in [-0.1, -0.05) is 12.1 Å². The van der Waals surface area contributed by atoms with E-state index in [1.807, 2.05) is 24.4 Å². The first-order valence-corrected chi connectivity index (χ1v) is 16.3. The van der Waals surface area contributed by atoms with E-state index in [4.69, 9.17) is 10.5 Å². The minimum atomic E-state index is -3.45. The van der Waals surface area contributed by atoms with Crippen molar-refractivity contribution in [1.82, 2.24) is 19.9 Å². The number of aromatic amines is 1. The molecular weight excluding hydrogens is 550 g/mol. The molecule has 2 aliphatic rings. The summed E-state index contributed by atoms with van der Waals surface area (Å²) in [4.78, 5) is 14.6. The number of ether oxygens (including phenoxy) is 1. The number of aromatic nitrogens is 3. The van der Waals surface area contributed by atoms with Gasteiger partial charge in [0.15, 0.2) is 0 Å². The van der Waals surface area contributed by atoms with E-state index in [1.54, 1.807) is 7.11 Å². The maximum absolute atomic E-state index is 12.6. The number of hydrogen-bond acceptors (Lipinski definition) is 8. The van der Waals surface area contributed by atoms with Gasteiger partial charge in [-0.25, -0.2) is 8.42 Å². The highest BCUT2D eigenvalue weighted by Gasteiger charge is 2.30. The summed E-state index contributed by atoms with van der Waals surface area (Å²) in [6.07, 6.45) is 8.49. The Bertz CT molecular complexity index is 1760. The normalized spacial score (nSPS) is 19.0. The van der Waals surface area contributed by atoms with Gasteiger partial charge in [0, 0.05) is 29.9 Å². The summed E-state index contributed by atoms with van der Waals surface area (Å²) in [5, 5.41) is 4.17. The molecule has 1 fully saturated rings. The van der Waals surface area contributed by atoms with Gasteiger partial charge >= 0.3 is 0 Å². The van der Waals surface area contributed by atoms with E-state index in [-0.39, 0.29) is 5.95 Å². The molecule has 0 saturated heterocycles. The summed E-state index contributed by atoms with van der Waals surface area (Å²) in [7, 11) is 2.60. The number of fused-ring (bicyclic) bond motifs is 2. The van der Waals surface area contributed by atoms with Gasteiger partial charge in [0.2, 0.25) is 16.0 Å². The van der Waals surface area contributed by atoms with Gasteiger partial charge in [0.25, 0.3) is 0 Å². The van der Waals surface area contributed by atoms with Crippen molar-refractivity contribution in [3.05, 3.63) is 53.2 Å². The number of nitrogens with two attached hydrogens (primary N) is 1. The molecule has 222 valence electrons. The first-order valence-electron chi connectivity index (χ1n) is 14.4. The number of nitrogens with zero attached hydrogens (tertiary/aromatic N) is 4. The molecule has 0 radical (unpaired) electrons. The van der Waals surface area contributed by atoms with Gasteiger partial charge in [-0.3, -0.25) is 4.31 Å². The molecule has 0 bridgehead atoms. The van der Waals surface area contributed by atoms with Crippen LogP contribution in [0.1, 0.15) is 48.3 Å². The van der Waals surface area contributed by atoms with Gasteiger partial charge in [0.1, 0.15) is 17.2 Å². The third kappa shape index (κ3) is 5.05. The number of H-pyrrole nitrogens is 1. The number of anilines is 4. The van der Waals surface area contributed by atoms with Gasteiger partial charge in [-0.05, 0) is 93.9 Å². The van der Waals surface area contributed by atoms with Crippen molar-refractivity contribution in [3.8, 4) is 16.9 Å². The molecule has 4 N–H and O–H groups in total. The predicted octanol–water partition coefficient (Wildman–Crippen LogP) is 5.18. The van der Waals surface area contributed by atoms with E-state index in [2.05, 4.69) is 58.3 Å². The lowest BCUT2D eigenvalue weighted by atomic mass is 9.79. The van der Waals surface area contributed by atoms with E-state index >= 15 is 0 Å². The Balaban J connectivity index is 1.42. The fourth-order valence-corrected chi connectivity index (χ4v) is 7.73. The lowest BCUT2D eigenvalue weighted by Crippen LogP contribution is -2.31. The van der Waals surface area contributed by atoms with E-state index in [1.165, 1.54) is 34.5 Å². The van der Waals surface area contributed by atoms with Crippen LogP contribution < -0.4 is 20.1 Å². The Morgan fingerprint density at radius 1 is 1.12 bits per heavy atom. The summed E-state index contributed by atoms with van der Waals surface area (Å²) in [5.74, 6) is 1.90. The largest absolute Gasteiger partial charge is 0.496 e. The molecule has 0 atom stereocenters. The minimum Gasteiger partial charge on any atom is -0.496 e. The van der Waals surface area contributed by atoms with E-state index in [0.717, 1.165) is 40.7 Å². The maximum Gasteiger partial charge on any atom is 0.232 e. The van der Waals surface area contributed by atoms with Crippen LogP contribution in [0.2, 0.25) is 0 Å².